The second-order valence-corrected chi connectivity index (χ2v) is 4.46. The number of halogens is 1. The first-order valence-electron chi connectivity index (χ1n) is 4.99. The minimum Gasteiger partial charge on any atom is -0.349 e. The van der Waals surface area contributed by atoms with Crippen LogP contribution in [0, 0.1) is 0 Å². The van der Waals surface area contributed by atoms with Crippen LogP contribution in [0.4, 0.5) is 0 Å². The molecular weight excluding hydrogens is 228 g/mol. The van der Waals surface area contributed by atoms with Crippen LogP contribution in [-0.4, -0.2) is 29.2 Å². The van der Waals surface area contributed by atoms with Gasteiger partial charge in [0.2, 0.25) is 0 Å². The Morgan fingerprint density at radius 1 is 1.56 bits per heavy atom. The number of hydrogen-bond donors (Lipinski definition) is 3. The molecule has 0 bridgehead atoms. The van der Waals surface area contributed by atoms with Crippen LogP contribution in [0.1, 0.15) is 37.0 Å². The average Bonchev–Trinajstić information content (AvgIpc) is 2.62. The average molecular weight is 247 g/mol. The molecule has 1 aromatic heterocycles. The molecule has 0 spiro atoms. The van der Waals surface area contributed by atoms with E-state index in [1.54, 1.807) is 6.07 Å². The smallest absolute Gasteiger partial charge is 0.271 e. The van der Waals surface area contributed by atoms with Gasteiger partial charge in [-0.15, -0.1) is 12.4 Å². The number of carbonyl (C=O) groups is 1. The Hall–Kier alpha value is -1.07. The first-order valence-corrected chi connectivity index (χ1v) is 4.99. The molecule has 92 valence electrons. The molecule has 4 N–H and O–H groups in total. The van der Waals surface area contributed by atoms with Crippen LogP contribution in [-0.2, 0) is 5.41 Å². The maximum absolute atomic E-state index is 11.5. The number of H-pyrrole nitrogens is 1. The molecule has 0 atom stereocenters. The van der Waals surface area contributed by atoms with E-state index < -0.39 is 0 Å². The molecule has 0 aliphatic rings. The van der Waals surface area contributed by atoms with Crippen molar-refractivity contribution in [1.82, 2.24) is 15.5 Å². The van der Waals surface area contributed by atoms with Crippen molar-refractivity contribution in [2.24, 2.45) is 5.73 Å². The van der Waals surface area contributed by atoms with Crippen LogP contribution in [0.3, 0.4) is 0 Å². The maximum atomic E-state index is 11.5. The molecule has 16 heavy (non-hydrogen) atoms. The molecule has 0 radical (unpaired) electrons. The quantitative estimate of drug-likeness (QED) is 0.738. The van der Waals surface area contributed by atoms with E-state index in [0.717, 1.165) is 5.69 Å². The predicted octanol–water partition coefficient (Wildman–Crippen LogP) is 0.817. The lowest BCUT2D eigenvalue weighted by Crippen LogP contribution is -2.29. The van der Waals surface area contributed by atoms with Crippen molar-refractivity contribution in [3.63, 3.8) is 0 Å². The highest BCUT2D eigenvalue weighted by Gasteiger charge is 2.18. The van der Waals surface area contributed by atoms with Crippen molar-refractivity contribution in [2.45, 2.75) is 26.2 Å². The van der Waals surface area contributed by atoms with E-state index in [1.165, 1.54) is 0 Å². The van der Waals surface area contributed by atoms with E-state index >= 15 is 0 Å². The summed E-state index contributed by atoms with van der Waals surface area (Å²) < 4.78 is 0. The van der Waals surface area contributed by atoms with Gasteiger partial charge in [0.25, 0.3) is 5.91 Å². The highest BCUT2D eigenvalue weighted by molar-refractivity contribution is 5.92. The number of aromatic nitrogens is 2. The molecule has 0 aliphatic heterocycles. The standard InChI is InChI=1S/C10H18N4O.ClH/c1-10(2,3)8-6-7(13-14-8)9(15)12-5-4-11;/h6H,4-5,11H2,1-3H3,(H,12,15)(H,13,14);1H. The monoisotopic (exact) mass is 246 g/mol. The molecule has 1 heterocycles. The largest absolute Gasteiger partial charge is 0.349 e. The summed E-state index contributed by atoms with van der Waals surface area (Å²) in [7, 11) is 0. The minimum absolute atomic E-state index is 0. The van der Waals surface area contributed by atoms with Crippen molar-refractivity contribution < 1.29 is 4.79 Å². The summed E-state index contributed by atoms with van der Waals surface area (Å²) in [4.78, 5) is 11.5. The van der Waals surface area contributed by atoms with Crippen molar-refractivity contribution in [3.05, 3.63) is 17.5 Å². The van der Waals surface area contributed by atoms with Gasteiger partial charge in [0.05, 0.1) is 0 Å². The topological polar surface area (TPSA) is 83.8 Å². The number of amides is 1. The third kappa shape index (κ3) is 3.83. The lowest BCUT2D eigenvalue weighted by molar-refractivity contribution is 0.0950. The number of nitrogens with one attached hydrogen (secondary N) is 2. The molecule has 0 unspecified atom stereocenters. The molecule has 0 aliphatic carbocycles. The number of hydrogen-bond acceptors (Lipinski definition) is 3. The van der Waals surface area contributed by atoms with Gasteiger partial charge in [-0.05, 0) is 6.07 Å². The Balaban J connectivity index is 0.00000225. The van der Waals surface area contributed by atoms with Crippen LogP contribution in [0.5, 0.6) is 0 Å². The number of nitrogens with zero attached hydrogens (tertiary/aromatic N) is 1. The zero-order valence-electron chi connectivity index (χ0n) is 9.83. The molecule has 6 heteroatoms. The summed E-state index contributed by atoms with van der Waals surface area (Å²) in [6.45, 7) is 7.07. The Labute approximate surface area is 102 Å². The molecule has 5 nitrogen and oxygen atoms in total. The minimum atomic E-state index is -0.188. The van der Waals surface area contributed by atoms with Crippen LogP contribution in [0.25, 0.3) is 0 Å². The summed E-state index contributed by atoms with van der Waals surface area (Å²) in [5.74, 6) is -0.188. The van der Waals surface area contributed by atoms with Crippen molar-refractivity contribution in [2.75, 3.05) is 13.1 Å². The van der Waals surface area contributed by atoms with Crippen LogP contribution >= 0.6 is 12.4 Å². The SMILES string of the molecule is CC(C)(C)c1cc(C(=O)NCCN)n[nH]1.Cl. The first-order chi connectivity index (χ1) is 6.95. The van der Waals surface area contributed by atoms with E-state index in [-0.39, 0.29) is 23.7 Å². The molecule has 0 saturated carbocycles. The third-order valence-corrected chi connectivity index (χ3v) is 2.05. The van der Waals surface area contributed by atoms with Gasteiger partial charge in [0, 0.05) is 24.2 Å². The molecule has 1 rings (SSSR count). The van der Waals surface area contributed by atoms with E-state index in [4.69, 9.17) is 5.73 Å². The van der Waals surface area contributed by atoms with Crippen molar-refractivity contribution >= 4 is 18.3 Å². The summed E-state index contributed by atoms with van der Waals surface area (Å²) in [5, 5.41) is 9.49. The van der Waals surface area contributed by atoms with Gasteiger partial charge in [-0.1, -0.05) is 20.8 Å². The molecule has 0 aromatic carbocycles. The van der Waals surface area contributed by atoms with Gasteiger partial charge in [-0.3, -0.25) is 9.89 Å². The van der Waals surface area contributed by atoms with E-state index in [0.29, 0.717) is 18.8 Å². The van der Waals surface area contributed by atoms with E-state index in [1.807, 2.05) is 0 Å². The highest BCUT2D eigenvalue weighted by atomic mass is 35.5. The first kappa shape index (κ1) is 14.9. The number of nitrogens with two attached hydrogens (primary N) is 1. The van der Waals surface area contributed by atoms with Gasteiger partial charge in [0.1, 0.15) is 5.69 Å². The van der Waals surface area contributed by atoms with Gasteiger partial charge in [-0.2, -0.15) is 5.10 Å². The van der Waals surface area contributed by atoms with Crippen LogP contribution in [0.2, 0.25) is 0 Å². The summed E-state index contributed by atoms with van der Waals surface area (Å²) in [6, 6.07) is 1.77. The van der Waals surface area contributed by atoms with Gasteiger partial charge >= 0.3 is 0 Å². The summed E-state index contributed by atoms with van der Waals surface area (Å²) in [5.41, 5.74) is 6.61. The fraction of sp³-hybridized carbons (Fsp3) is 0.600. The fourth-order valence-corrected chi connectivity index (χ4v) is 1.10. The number of aromatic amines is 1. The Morgan fingerprint density at radius 3 is 2.62 bits per heavy atom. The molecule has 0 saturated heterocycles. The maximum Gasteiger partial charge on any atom is 0.271 e. The van der Waals surface area contributed by atoms with E-state index in [2.05, 4.69) is 36.3 Å². The van der Waals surface area contributed by atoms with Crippen LogP contribution in [0.15, 0.2) is 6.07 Å². The zero-order chi connectivity index (χ0) is 11.5. The van der Waals surface area contributed by atoms with Crippen LogP contribution < -0.4 is 11.1 Å². The molecule has 1 aromatic rings. The Kier molecular flexibility index (Phi) is 5.47. The number of rotatable bonds is 3. The van der Waals surface area contributed by atoms with Gasteiger partial charge < -0.3 is 11.1 Å². The lowest BCUT2D eigenvalue weighted by Gasteiger charge is -2.14. The molecular formula is C10H19ClN4O. The Morgan fingerprint density at radius 2 is 2.19 bits per heavy atom. The fourth-order valence-electron chi connectivity index (χ4n) is 1.10. The second kappa shape index (κ2) is 5.86. The molecule has 0 fully saturated rings. The van der Waals surface area contributed by atoms with Gasteiger partial charge in [0.15, 0.2) is 0 Å². The normalized spacial score (nSPS) is 10.8. The highest BCUT2D eigenvalue weighted by Crippen LogP contribution is 2.19. The zero-order valence-corrected chi connectivity index (χ0v) is 10.6. The predicted molar refractivity (Wildman–Crippen MR) is 65.9 cm³/mol. The van der Waals surface area contributed by atoms with E-state index in [9.17, 15) is 4.79 Å². The Bertz CT molecular complexity index is 343. The lowest BCUT2D eigenvalue weighted by atomic mass is 9.92. The van der Waals surface area contributed by atoms with Gasteiger partial charge in [-0.25, -0.2) is 0 Å². The number of carbonyl (C=O) groups excluding carboxylic acids is 1. The summed E-state index contributed by atoms with van der Waals surface area (Å²) >= 11 is 0. The second-order valence-electron chi connectivity index (χ2n) is 4.46. The summed E-state index contributed by atoms with van der Waals surface area (Å²) in [6.07, 6.45) is 0. The third-order valence-electron chi connectivity index (χ3n) is 2.05. The molecule has 1 amide bonds. The van der Waals surface area contributed by atoms with Crippen molar-refractivity contribution in [3.8, 4) is 0 Å². The van der Waals surface area contributed by atoms with Crippen molar-refractivity contribution in [1.29, 1.82) is 0 Å².